The van der Waals surface area contributed by atoms with Gasteiger partial charge in [-0.05, 0) is 43.0 Å². The number of piperidine rings is 1. The minimum atomic E-state index is -3.53. The van der Waals surface area contributed by atoms with E-state index in [1.165, 1.54) is 35.7 Å². The highest BCUT2D eigenvalue weighted by molar-refractivity contribution is 7.89. The second-order valence-electron chi connectivity index (χ2n) is 6.85. The molecule has 0 bridgehead atoms. The zero-order valence-corrected chi connectivity index (χ0v) is 16.9. The fourth-order valence-electron chi connectivity index (χ4n) is 3.05. The first-order chi connectivity index (χ1) is 12.8. The van der Waals surface area contributed by atoms with Crippen molar-refractivity contribution < 1.29 is 22.7 Å². The Morgan fingerprint density at radius 2 is 1.74 bits per heavy atom. The molecule has 1 N–H and O–H groups in total. The van der Waals surface area contributed by atoms with E-state index in [2.05, 4.69) is 5.32 Å². The van der Waals surface area contributed by atoms with Gasteiger partial charge in [-0.1, -0.05) is 26.7 Å². The summed E-state index contributed by atoms with van der Waals surface area (Å²) in [6, 6.07) is 5.07. The minimum absolute atomic E-state index is 0.0832. The fourth-order valence-corrected chi connectivity index (χ4v) is 4.57. The fraction of sp³-hybridized carbons (Fsp3) is 0.579. The maximum absolute atomic E-state index is 12.7. The van der Waals surface area contributed by atoms with Crippen LogP contribution < -0.4 is 5.32 Å². The molecule has 0 saturated carbocycles. The van der Waals surface area contributed by atoms with E-state index in [-0.39, 0.29) is 10.8 Å². The van der Waals surface area contributed by atoms with Crippen LogP contribution in [0.2, 0.25) is 0 Å². The van der Waals surface area contributed by atoms with Crippen LogP contribution in [0.4, 0.5) is 0 Å². The molecular formula is C19H28N2O5S. The van der Waals surface area contributed by atoms with Crippen LogP contribution in [0.25, 0.3) is 0 Å². The molecule has 1 amide bonds. The first-order valence-corrected chi connectivity index (χ1v) is 10.7. The van der Waals surface area contributed by atoms with E-state index in [0.29, 0.717) is 25.1 Å². The number of ether oxygens (including phenoxy) is 1. The Labute approximate surface area is 161 Å². The highest BCUT2D eigenvalue weighted by atomic mass is 32.2. The lowest BCUT2D eigenvalue weighted by Gasteiger charge is -2.26. The smallest absolute Gasteiger partial charge is 0.328 e. The summed E-state index contributed by atoms with van der Waals surface area (Å²) in [7, 11) is -2.25. The van der Waals surface area contributed by atoms with Crippen LogP contribution in [0, 0.1) is 5.92 Å². The summed E-state index contributed by atoms with van der Waals surface area (Å²) in [6.07, 6.45) is 3.48. The van der Waals surface area contributed by atoms with Gasteiger partial charge < -0.3 is 10.1 Å². The highest BCUT2D eigenvalue weighted by Crippen LogP contribution is 2.21. The van der Waals surface area contributed by atoms with Gasteiger partial charge in [0.25, 0.3) is 5.91 Å². The van der Waals surface area contributed by atoms with E-state index in [4.69, 9.17) is 4.74 Å². The summed E-state index contributed by atoms with van der Waals surface area (Å²) in [5.41, 5.74) is 0.296. The van der Waals surface area contributed by atoms with E-state index in [1.54, 1.807) is 0 Å². The van der Waals surface area contributed by atoms with Crippen molar-refractivity contribution in [2.24, 2.45) is 5.92 Å². The summed E-state index contributed by atoms with van der Waals surface area (Å²) in [6.45, 7) is 4.84. The molecule has 0 spiro atoms. The highest BCUT2D eigenvalue weighted by Gasteiger charge is 2.28. The number of esters is 1. The van der Waals surface area contributed by atoms with Crippen LogP contribution >= 0.6 is 0 Å². The summed E-state index contributed by atoms with van der Waals surface area (Å²) in [4.78, 5) is 24.6. The van der Waals surface area contributed by atoms with Crippen LogP contribution in [0.15, 0.2) is 29.2 Å². The van der Waals surface area contributed by atoms with Crippen molar-refractivity contribution >= 4 is 21.9 Å². The first kappa shape index (κ1) is 21.4. The molecule has 2 atom stereocenters. The molecule has 150 valence electrons. The van der Waals surface area contributed by atoms with E-state index in [9.17, 15) is 18.0 Å². The van der Waals surface area contributed by atoms with Crippen LogP contribution in [-0.2, 0) is 19.6 Å². The van der Waals surface area contributed by atoms with Gasteiger partial charge in [0.05, 0.1) is 12.0 Å². The van der Waals surface area contributed by atoms with E-state index in [1.807, 2.05) is 13.8 Å². The second kappa shape index (κ2) is 9.32. The quantitative estimate of drug-likeness (QED) is 0.713. The molecule has 1 saturated heterocycles. The van der Waals surface area contributed by atoms with Crippen LogP contribution in [0.5, 0.6) is 0 Å². The Bertz CT molecular complexity index is 755. The number of nitrogens with one attached hydrogen (secondary N) is 1. The number of benzene rings is 1. The van der Waals surface area contributed by atoms with Gasteiger partial charge in [0.1, 0.15) is 6.04 Å². The largest absolute Gasteiger partial charge is 0.467 e. The summed E-state index contributed by atoms with van der Waals surface area (Å²) >= 11 is 0. The maximum atomic E-state index is 12.7. The van der Waals surface area contributed by atoms with Crippen molar-refractivity contribution in [1.82, 2.24) is 9.62 Å². The topological polar surface area (TPSA) is 92.8 Å². The Morgan fingerprint density at radius 3 is 2.26 bits per heavy atom. The molecule has 0 aromatic heterocycles. The monoisotopic (exact) mass is 396 g/mol. The molecule has 1 heterocycles. The standard InChI is InChI=1S/C19H28N2O5S/c1-4-14(2)17(19(23)26-3)20-18(22)15-8-10-16(11-9-15)27(24,25)21-12-6-5-7-13-21/h8-11,14,17H,4-7,12-13H2,1-3H3,(H,20,22)/t14-,17-/m0/s1. The van der Waals surface area contributed by atoms with Crippen molar-refractivity contribution in [3.63, 3.8) is 0 Å². The average molecular weight is 397 g/mol. The number of carbonyl (C=O) groups is 2. The van der Waals surface area contributed by atoms with Gasteiger partial charge in [-0.2, -0.15) is 4.31 Å². The SMILES string of the molecule is CC[C@H](C)[C@H](NC(=O)c1ccc(S(=O)(=O)N2CCCCC2)cc1)C(=O)OC. The molecule has 1 aromatic carbocycles. The number of rotatable bonds is 7. The van der Waals surface area contributed by atoms with E-state index < -0.39 is 27.9 Å². The number of amides is 1. The molecule has 0 radical (unpaired) electrons. The third-order valence-electron chi connectivity index (χ3n) is 5.02. The molecule has 8 heteroatoms. The molecule has 1 aliphatic rings. The molecule has 1 fully saturated rings. The van der Waals surface area contributed by atoms with Gasteiger partial charge in [-0.15, -0.1) is 0 Å². The predicted molar refractivity (Wildman–Crippen MR) is 102 cm³/mol. The van der Waals surface area contributed by atoms with Crippen molar-refractivity contribution in [2.45, 2.75) is 50.5 Å². The van der Waals surface area contributed by atoms with Gasteiger partial charge in [0.15, 0.2) is 0 Å². The Balaban J connectivity index is 2.13. The number of hydrogen-bond acceptors (Lipinski definition) is 5. The zero-order valence-electron chi connectivity index (χ0n) is 16.1. The van der Waals surface area contributed by atoms with E-state index in [0.717, 1.165) is 19.3 Å². The zero-order chi connectivity index (χ0) is 20.0. The summed E-state index contributed by atoms with van der Waals surface area (Å²) < 4.78 is 31.6. The normalized spacial score (nSPS) is 17.7. The molecule has 27 heavy (non-hydrogen) atoms. The number of sulfonamides is 1. The third kappa shape index (κ3) is 5.07. The third-order valence-corrected chi connectivity index (χ3v) is 6.94. The lowest BCUT2D eigenvalue weighted by Crippen LogP contribution is -2.45. The Kier molecular flexibility index (Phi) is 7.38. The van der Waals surface area contributed by atoms with Gasteiger partial charge in [-0.3, -0.25) is 4.79 Å². The summed E-state index contributed by atoms with van der Waals surface area (Å²) in [5.74, 6) is -1.02. The molecule has 1 aliphatic heterocycles. The predicted octanol–water partition coefficient (Wildman–Crippen LogP) is 2.18. The molecule has 0 unspecified atom stereocenters. The minimum Gasteiger partial charge on any atom is -0.467 e. The number of methoxy groups -OCH3 is 1. The molecule has 2 rings (SSSR count). The van der Waals surface area contributed by atoms with Crippen molar-refractivity contribution in [1.29, 1.82) is 0 Å². The van der Waals surface area contributed by atoms with Crippen LogP contribution in [0.3, 0.4) is 0 Å². The average Bonchev–Trinajstić information content (AvgIpc) is 2.71. The number of nitrogens with zero attached hydrogens (tertiary/aromatic N) is 1. The lowest BCUT2D eigenvalue weighted by molar-refractivity contribution is -0.144. The molecule has 7 nitrogen and oxygen atoms in total. The Morgan fingerprint density at radius 1 is 1.15 bits per heavy atom. The molecule has 1 aromatic rings. The van der Waals surface area contributed by atoms with Crippen molar-refractivity contribution in [2.75, 3.05) is 20.2 Å². The Hall–Kier alpha value is -1.93. The van der Waals surface area contributed by atoms with Gasteiger partial charge >= 0.3 is 5.97 Å². The molecule has 0 aliphatic carbocycles. The summed E-state index contributed by atoms with van der Waals surface area (Å²) in [5, 5.41) is 2.68. The van der Waals surface area contributed by atoms with Crippen molar-refractivity contribution in [3.05, 3.63) is 29.8 Å². The van der Waals surface area contributed by atoms with Gasteiger partial charge in [0, 0.05) is 18.7 Å². The van der Waals surface area contributed by atoms with Gasteiger partial charge in [-0.25, -0.2) is 13.2 Å². The van der Waals surface area contributed by atoms with Crippen LogP contribution in [-0.4, -0.2) is 50.8 Å². The first-order valence-electron chi connectivity index (χ1n) is 9.30. The molecular weight excluding hydrogens is 368 g/mol. The number of carbonyl (C=O) groups excluding carboxylic acids is 2. The maximum Gasteiger partial charge on any atom is 0.328 e. The van der Waals surface area contributed by atoms with Gasteiger partial charge in [0.2, 0.25) is 10.0 Å². The van der Waals surface area contributed by atoms with Crippen LogP contribution in [0.1, 0.15) is 49.9 Å². The number of hydrogen-bond donors (Lipinski definition) is 1. The van der Waals surface area contributed by atoms with Crippen molar-refractivity contribution in [3.8, 4) is 0 Å². The van der Waals surface area contributed by atoms with E-state index >= 15 is 0 Å². The second-order valence-corrected chi connectivity index (χ2v) is 8.79. The lowest BCUT2D eigenvalue weighted by atomic mass is 9.99.